The molecule has 0 saturated carbocycles. The van der Waals surface area contributed by atoms with Gasteiger partial charge in [0.05, 0.1) is 12.0 Å². The number of H-pyrrole nitrogens is 1. The first-order chi connectivity index (χ1) is 8.33. The van der Waals surface area contributed by atoms with Gasteiger partial charge in [0.25, 0.3) is 0 Å². The van der Waals surface area contributed by atoms with Crippen molar-refractivity contribution < 1.29 is 0 Å². The SMILES string of the molecule is Cn1cnc(-c2cc(-c3ccccc3)c[nH]2)c1. The predicted octanol–water partition coefficient (Wildman–Crippen LogP) is 3.08. The molecule has 0 spiro atoms. The highest BCUT2D eigenvalue weighted by molar-refractivity contribution is 5.69. The first kappa shape index (κ1) is 9.90. The topological polar surface area (TPSA) is 33.6 Å². The van der Waals surface area contributed by atoms with Crippen LogP contribution in [0.15, 0.2) is 55.1 Å². The molecule has 0 unspecified atom stereocenters. The van der Waals surface area contributed by atoms with Crippen LogP contribution in [0.25, 0.3) is 22.5 Å². The van der Waals surface area contributed by atoms with E-state index in [1.54, 1.807) is 6.33 Å². The van der Waals surface area contributed by atoms with E-state index in [2.05, 4.69) is 28.2 Å². The molecule has 1 N–H and O–H groups in total. The predicted molar refractivity (Wildman–Crippen MR) is 68.4 cm³/mol. The molecule has 17 heavy (non-hydrogen) atoms. The molecule has 0 bridgehead atoms. The maximum Gasteiger partial charge on any atom is 0.104 e. The number of imidazole rings is 1. The molecule has 3 nitrogen and oxygen atoms in total. The summed E-state index contributed by atoms with van der Waals surface area (Å²) in [5, 5.41) is 0. The maximum atomic E-state index is 4.32. The van der Waals surface area contributed by atoms with Gasteiger partial charge in [-0.1, -0.05) is 30.3 Å². The molecule has 3 rings (SSSR count). The highest BCUT2D eigenvalue weighted by Gasteiger charge is 2.05. The van der Waals surface area contributed by atoms with Crippen molar-refractivity contribution in [2.24, 2.45) is 7.05 Å². The molecule has 0 radical (unpaired) electrons. The quantitative estimate of drug-likeness (QED) is 0.711. The molecule has 0 aliphatic rings. The Labute approximate surface area is 99.8 Å². The van der Waals surface area contributed by atoms with Crippen LogP contribution in [0.1, 0.15) is 0 Å². The molecule has 0 atom stereocenters. The average Bonchev–Trinajstić information content (AvgIpc) is 2.98. The van der Waals surface area contributed by atoms with Gasteiger partial charge in [-0.2, -0.15) is 0 Å². The van der Waals surface area contributed by atoms with E-state index in [-0.39, 0.29) is 0 Å². The Hall–Kier alpha value is -2.29. The number of nitrogens with one attached hydrogen (secondary N) is 1. The minimum atomic E-state index is 0.967. The van der Waals surface area contributed by atoms with Crippen LogP contribution in [-0.2, 0) is 7.05 Å². The summed E-state index contributed by atoms with van der Waals surface area (Å²) in [6.07, 6.45) is 5.82. The van der Waals surface area contributed by atoms with Gasteiger partial charge in [0.2, 0.25) is 0 Å². The highest BCUT2D eigenvalue weighted by Crippen LogP contribution is 2.24. The van der Waals surface area contributed by atoms with Crippen LogP contribution in [-0.4, -0.2) is 14.5 Å². The van der Waals surface area contributed by atoms with Crippen LogP contribution in [0, 0.1) is 0 Å². The van der Waals surface area contributed by atoms with Crippen molar-refractivity contribution in [1.82, 2.24) is 14.5 Å². The van der Waals surface area contributed by atoms with Gasteiger partial charge in [0.1, 0.15) is 5.69 Å². The van der Waals surface area contributed by atoms with Crippen molar-refractivity contribution in [3.05, 3.63) is 55.1 Å². The molecule has 1 aromatic carbocycles. The van der Waals surface area contributed by atoms with Crippen molar-refractivity contribution in [2.75, 3.05) is 0 Å². The summed E-state index contributed by atoms with van der Waals surface area (Å²) in [5.41, 5.74) is 4.41. The maximum absolute atomic E-state index is 4.32. The van der Waals surface area contributed by atoms with Crippen molar-refractivity contribution in [2.45, 2.75) is 0 Å². The van der Waals surface area contributed by atoms with Gasteiger partial charge in [0, 0.05) is 19.4 Å². The van der Waals surface area contributed by atoms with Gasteiger partial charge in [-0.3, -0.25) is 0 Å². The molecule has 0 saturated heterocycles. The van der Waals surface area contributed by atoms with E-state index in [0.717, 1.165) is 11.4 Å². The van der Waals surface area contributed by atoms with E-state index in [0.29, 0.717) is 0 Å². The zero-order valence-corrected chi connectivity index (χ0v) is 9.59. The van der Waals surface area contributed by atoms with Crippen LogP contribution in [0.5, 0.6) is 0 Å². The molecule has 0 amide bonds. The fourth-order valence-electron chi connectivity index (χ4n) is 1.89. The first-order valence-electron chi connectivity index (χ1n) is 5.55. The normalized spacial score (nSPS) is 10.6. The first-order valence-corrected chi connectivity index (χ1v) is 5.55. The van der Waals surface area contributed by atoms with Crippen LogP contribution >= 0.6 is 0 Å². The Morgan fingerprint density at radius 2 is 1.94 bits per heavy atom. The molecule has 2 heterocycles. The Morgan fingerprint density at radius 3 is 2.65 bits per heavy atom. The molecule has 3 heteroatoms. The van der Waals surface area contributed by atoms with Crippen LogP contribution < -0.4 is 0 Å². The van der Waals surface area contributed by atoms with Crippen molar-refractivity contribution in [1.29, 1.82) is 0 Å². The molecular formula is C14H13N3. The van der Waals surface area contributed by atoms with E-state index < -0.39 is 0 Å². The molecule has 84 valence electrons. The minimum absolute atomic E-state index is 0.967. The Morgan fingerprint density at radius 1 is 1.12 bits per heavy atom. The van der Waals surface area contributed by atoms with Gasteiger partial charge in [-0.05, 0) is 17.2 Å². The smallest absolute Gasteiger partial charge is 0.104 e. The fraction of sp³-hybridized carbons (Fsp3) is 0.0714. The molecule has 0 aliphatic heterocycles. The summed E-state index contributed by atoms with van der Waals surface area (Å²) in [5.74, 6) is 0. The number of aromatic amines is 1. The Kier molecular flexibility index (Phi) is 2.29. The molecular weight excluding hydrogens is 210 g/mol. The van der Waals surface area contributed by atoms with Crippen molar-refractivity contribution in [3.8, 4) is 22.5 Å². The van der Waals surface area contributed by atoms with Gasteiger partial charge in [-0.15, -0.1) is 0 Å². The fourth-order valence-corrected chi connectivity index (χ4v) is 1.89. The van der Waals surface area contributed by atoms with Crippen LogP contribution in [0.4, 0.5) is 0 Å². The van der Waals surface area contributed by atoms with Crippen LogP contribution in [0.3, 0.4) is 0 Å². The van der Waals surface area contributed by atoms with E-state index in [9.17, 15) is 0 Å². The number of benzene rings is 1. The second-order valence-corrected chi connectivity index (χ2v) is 4.09. The largest absolute Gasteiger partial charge is 0.359 e. The second kappa shape index (κ2) is 3.94. The lowest BCUT2D eigenvalue weighted by Crippen LogP contribution is -1.78. The van der Waals surface area contributed by atoms with Crippen molar-refractivity contribution >= 4 is 0 Å². The van der Waals surface area contributed by atoms with Gasteiger partial charge >= 0.3 is 0 Å². The average molecular weight is 223 g/mol. The van der Waals surface area contributed by atoms with E-state index >= 15 is 0 Å². The van der Waals surface area contributed by atoms with E-state index in [4.69, 9.17) is 0 Å². The number of nitrogens with zero attached hydrogens (tertiary/aromatic N) is 2. The summed E-state index contributed by atoms with van der Waals surface area (Å²) in [6.45, 7) is 0. The molecule has 0 fully saturated rings. The third-order valence-corrected chi connectivity index (χ3v) is 2.77. The van der Waals surface area contributed by atoms with Gasteiger partial charge in [-0.25, -0.2) is 4.98 Å². The van der Waals surface area contributed by atoms with Gasteiger partial charge in [0.15, 0.2) is 0 Å². The summed E-state index contributed by atoms with van der Waals surface area (Å²) in [4.78, 5) is 7.58. The summed E-state index contributed by atoms with van der Waals surface area (Å²) in [6, 6.07) is 12.4. The number of hydrogen-bond acceptors (Lipinski definition) is 1. The lowest BCUT2D eigenvalue weighted by Gasteiger charge is -1.94. The summed E-state index contributed by atoms with van der Waals surface area (Å²) < 4.78 is 1.94. The van der Waals surface area contributed by atoms with Crippen molar-refractivity contribution in [3.63, 3.8) is 0 Å². The van der Waals surface area contributed by atoms with E-state index in [1.165, 1.54) is 11.1 Å². The lowest BCUT2D eigenvalue weighted by molar-refractivity contribution is 0.913. The third kappa shape index (κ3) is 1.87. The standard InChI is InChI=1S/C14H13N3/c1-17-9-14(16-10-17)13-7-12(8-15-13)11-5-3-2-4-6-11/h2-10,15H,1H3. The van der Waals surface area contributed by atoms with E-state index in [1.807, 2.05) is 42.2 Å². The molecule has 2 aromatic heterocycles. The third-order valence-electron chi connectivity index (χ3n) is 2.77. The zero-order valence-electron chi connectivity index (χ0n) is 9.59. The Bertz CT molecular complexity index is 620. The second-order valence-electron chi connectivity index (χ2n) is 4.09. The number of aryl methyl sites for hydroxylation is 1. The Balaban J connectivity index is 1.99. The van der Waals surface area contributed by atoms with Crippen LogP contribution in [0.2, 0.25) is 0 Å². The highest BCUT2D eigenvalue weighted by atomic mass is 15.0. The number of rotatable bonds is 2. The summed E-state index contributed by atoms with van der Waals surface area (Å²) in [7, 11) is 1.97. The number of hydrogen-bond donors (Lipinski definition) is 1. The molecule has 3 aromatic rings. The minimum Gasteiger partial charge on any atom is -0.359 e. The monoisotopic (exact) mass is 223 g/mol. The number of aromatic nitrogens is 3. The molecule has 0 aliphatic carbocycles. The lowest BCUT2D eigenvalue weighted by atomic mass is 10.1. The summed E-state index contributed by atoms with van der Waals surface area (Å²) >= 11 is 0. The van der Waals surface area contributed by atoms with Gasteiger partial charge < -0.3 is 9.55 Å². The zero-order chi connectivity index (χ0) is 11.7.